The van der Waals surface area contributed by atoms with Gasteiger partial charge in [0.25, 0.3) is 17.6 Å². The Morgan fingerprint density at radius 1 is 0.857 bits per heavy atom. The third-order valence-electron chi connectivity index (χ3n) is 3.07. The van der Waals surface area contributed by atoms with Gasteiger partial charge in [0.05, 0.1) is 16.6 Å². The zero-order chi connectivity index (χ0) is 14.8. The summed E-state index contributed by atoms with van der Waals surface area (Å²) in [6.45, 7) is 0. The first-order valence-electron chi connectivity index (χ1n) is 6.29. The summed E-state index contributed by atoms with van der Waals surface area (Å²) in [4.78, 5) is 36.2. The van der Waals surface area contributed by atoms with Crippen LogP contribution in [0.4, 0.5) is 5.69 Å². The molecule has 5 heteroatoms. The summed E-state index contributed by atoms with van der Waals surface area (Å²) in [5, 5.41) is 4.17. The van der Waals surface area contributed by atoms with E-state index in [9.17, 15) is 14.4 Å². The number of fused-ring (bicyclic) bond motifs is 2. The Kier molecular flexibility index (Phi) is 3.16. The Morgan fingerprint density at radius 3 is 2.33 bits per heavy atom. The van der Waals surface area contributed by atoms with Crippen molar-refractivity contribution in [3.63, 3.8) is 0 Å². The first kappa shape index (κ1) is 12.9. The molecule has 4 rings (SSSR count). The fourth-order valence-electron chi connectivity index (χ4n) is 2.09. The molecule has 0 aliphatic carbocycles. The lowest BCUT2D eigenvalue weighted by atomic mass is 10.1. The topological polar surface area (TPSA) is 75.6 Å². The van der Waals surface area contributed by atoms with Gasteiger partial charge in [0.2, 0.25) is 0 Å². The van der Waals surface area contributed by atoms with Gasteiger partial charge < -0.3 is 5.32 Å². The van der Waals surface area contributed by atoms with Gasteiger partial charge in [-0.1, -0.05) is 30.3 Å². The lowest BCUT2D eigenvalue weighted by Gasteiger charge is -1.91. The highest BCUT2D eigenvalue weighted by atomic mass is 16.2. The normalized spacial score (nSPS) is 14.2. The van der Waals surface area contributed by atoms with Crippen molar-refractivity contribution in [1.82, 2.24) is 0 Å². The molecule has 2 aliphatic rings. The number of ketones is 1. The molecule has 0 bridgehead atoms. The Bertz CT molecular complexity index is 847. The van der Waals surface area contributed by atoms with Gasteiger partial charge in [-0.3, -0.25) is 14.4 Å². The van der Waals surface area contributed by atoms with E-state index in [0.717, 1.165) is 10.6 Å². The molecule has 0 unspecified atom stereocenters. The number of nitrogens with one attached hydrogen (secondary N) is 1. The zero-order valence-electron chi connectivity index (χ0n) is 10.9. The second-order valence-corrected chi connectivity index (χ2v) is 4.48. The highest BCUT2D eigenvalue weighted by Gasteiger charge is 2.26. The molecule has 2 amide bonds. The van der Waals surface area contributed by atoms with Crippen LogP contribution in [0.25, 0.3) is 6.08 Å². The molecule has 102 valence electrons. The molecule has 2 aromatic carbocycles. The molecule has 1 N–H and O–H groups in total. The Labute approximate surface area is 119 Å². The monoisotopic (exact) mass is 278 g/mol. The van der Waals surface area contributed by atoms with Crippen LogP contribution in [0.1, 0.15) is 10.4 Å². The van der Waals surface area contributed by atoms with Gasteiger partial charge in [0.15, 0.2) is 0 Å². The summed E-state index contributed by atoms with van der Waals surface area (Å²) >= 11 is 0. The number of nitrogens with zero attached hydrogens (tertiary/aromatic N) is 1. The van der Waals surface area contributed by atoms with Crippen LogP contribution in [0.15, 0.2) is 53.5 Å². The van der Waals surface area contributed by atoms with Crippen LogP contribution in [-0.4, -0.2) is 17.6 Å². The summed E-state index contributed by atoms with van der Waals surface area (Å²) in [5.41, 5.74) is 1.08. The quantitative estimate of drug-likeness (QED) is 0.711. The van der Waals surface area contributed by atoms with E-state index in [1.54, 1.807) is 24.3 Å². The predicted octanol–water partition coefficient (Wildman–Crippen LogP) is 0.448. The van der Waals surface area contributed by atoms with E-state index >= 15 is 0 Å². The number of para-hydroxylation sites is 2. The van der Waals surface area contributed by atoms with Gasteiger partial charge in [0, 0.05) is 11.3 Å². The highest BCUT2D eigenvalue weighted by molar-refractivity contribution is 6.51. The summed E-state index contributed by atoms with van der Waals surface area (Å²) in [6.07, 6.45) is 1.54. The van der Waals surface area contributed by atoms with Gasteiger partial charge in [-0.05, 0) is 18.2 Å². The lowest BCUT2D eigenvalue weighted by Crippen LogP contribution is -2.19. The minimum atomic E-state index is -0.536. The largest absolute Gasteiger partial charge is 0.318 e. The number of hydrogen-bond donors (Lipinski definition) is 1. The van der Waals surface area contributed by atoms with Crippen molar-refractivity contribution in [3.05, 3.63) is 64.7 Å². The van der Waals surface area contributed by atoms with Crippen LogP contribution in [0.2, 0.25) is 0 Å². The third-order valence-corrected chi connectivity index (χ3v) is 3.07. The van der Waals surface area contributed by atoms with Gasteiger partial charge in [0.1, 0.15) is 0 Å². The number of rotatable bonds is 0. The smallest absolute Gasteiger partial charge is 0.296 e. The molecule has 0 atom stereocenters. The highest BCUT2D eigenvalue weighted by Crippen LogP contribution is 2.21. The predicted molar refractivity (Wildman–Crippen MR) is 76.1 cm³/mol. The number of hydrogen-bond acceptors (Lipinski definition) is 3. The molecule has 2 aromatic rings. The Hall–Kier alpha value is -3.08. The van der Waals surface area contributed by atoms with Gasteiger partial charge >= 0.3 is 0 Å². The van der Waals surface area contributed by atoms with Crippen LogP contribution in [-0.2, 0) is 9.59 Å². The summed E-state index contributed by atoms with van der Waals surface area (Å²) in [6, 6.07) is 14.3. The molecule has 2 aliphatic heterocycles. The molecule has 0 radical (unpaired) electrons. The van der Waals surface area contributed by atoms with E-state index in [2.05, 4.69) is 10.3 Å². The van der Waals surface area contributed by atoms with Crippen LogP contribution in [0, 0.1) is 0 Å². The van der Waals surface area contributed by atoms with E-state index in [1.165, 1.54) is 6.08 Å². The first-order chi connectivity index (χ1) is 10.1. The molecular formula is C16H10N2O3. The molecule has 2 heterocycles. The summed E-state index contributed by atoms with van der Waals surface area (Å²) in [7, 11) is 0. The number of benzene rings is 2. The number of amides is 2. The molecule has 0 spiro atoms. The second-order valence-electron chi connectivity index (χ2n) is 4.48. The Balaban J connectivity index is 0.000000126. The van der Waals surface area contributed by atoms with E-state index in [-0.39, 0.29) is 5.91 Å². The first-order valence-corrected chi connectivity index (χ1v) is 6.29. The molecule has 0 saturated carbocycles. The maximum absolute atomic E-state index is 11.0. The van der Waals surface area contributed by atoms with Crippen molar-refractivity contribution in [1.29, 1.82) is 0 Å². The van der Waals surface area contributed by atoms with Crippen LogP contribution < -0.4 is 15.9 Å². The minimum Gasteiger partial charge on any atom is -0.318 e. The number of carbonyl (C=O) groups is 3. The molecular weight excluding hydrogens is 268 g/mol. The third kappa shape index (κ3) is 2.49. The van der Waals surface area contributed by atoms with E-state index < -0.39 is 11.7 Å². The molecule has 0 aromatic heterocycles. The van der Waals surface area contributed by atoms with Crippen LogP contribution in [0.5, 0.6) is 0 Å². The maximum atomic E-state index is 11.0. The number of anilines is 1. The number of Topliss-reactive ketones (excluding diaryl/α,β-unsaturated/α-hetero) is 1. The standard InChI is InChI=1S/C8H5NO2.C8H5NO/c10-7-5-3-1-2-4-6(5)9-8(7)11;10-8-5-6-3-1-2-4-7(6)9-8/h1-4H,(H,9,10,11);1-5H. The van der Waals surface area contributed by atoms with Crippen molar-refractivity contribution in [2.24, 2.45) is 4.99 Å². The van der Waals surface area contributed by atoms with Crippen molar-refractivity contribution >= 4 is 29.4 Å². The average molecular weight is 278 g/mol. The minimum absolute atomic E-state index is 0.152. The maximum Gasteiger partial charge on any atom is 0.296 e. The van der Waals surface area contributed by atoms with E-state index in [0.29, 0.717) is 11.3 Å². The lowest BCUT2D eigenvalue weighted by molar-refractivity contribution is -0.112. The summed E-state index contributed by atoms with van der Waals surface area (Å²) < 4.78 is 0. The molecule has 0 saturated heterocycles. The average Bonchev–Trinajstić information content (AvgIpc) is 3.00. The fraction of sp³-hybridized carbons (Fsp3) is 0. The van der Waals surface area contributed by atoms with E-state index in [4.69, 9.17) is 0 Å². The van der Waals surface area contributed by atoms with Gasteiger partial charge in [-0.25, -0.2) is 4.99 Å². The zero-order valence-corrected chi connectivity index (χ0v) is 10.9. The van der Waals surface area contributed by atoms with Crippen molar-refractivity contribution in [2.75, 3.05) is 5.32 Å². The van der Waals surface area contributed by atoms with Crippen molar-refractivity contribution in [3.8, 4) is 0 Å². The number of carbonyl (C=O) groups excluding carboxylic acids is 3. The van der Waals surface area contributed by atoms with E-state index in [1.807, 2.05) is 24.3 Å². The summed E-state index contributed by atoms with van der Waals surface area (Å²) in [5.74, 6) is -1.13. The van der Waals surface area contributed by atoms with Crippen molar-refractivity contribution < 1.29 is 14.4 Å². The molecule has 0 fully saturated rings. The SMILES string of the molecule is O=C1C=c2ccccc2=N1.O=C1Nc2ccccc2C1=O. The second kappa shape index (κ2) is 5.13. The van der Waals surface area contributed by atoms with Crippen LogP contribution >= 0.6 is 0 Å². The fourth-order valence-corrected chi connectivity index (χ4v) is 2.09. The van der Waals surface area contributed by atoms with Crippen LogP contribution in [0.3, 0.4) is 0 Å². The van der Waals surface area contributed by atoms with Gasteiger partial charge in [-0.15, -0.1) is 0 Å². The Morgan fingerprint density at radius 2 is 1.57 bits per heavy atom. The van der Waals surface area contributed by atoms with Gasteiger partial charge in [-0.2, -0.15) is 0 Å². The van der Waals surface area contributed by atoms with Crippen molar-refractivity contribution in [2.45, 2.75) is 0 Å². The molecule has 5 nitrogen and oxygen atoms in total. The molecule has 21 heavy (non-hydrogen) atoms.